The van der Waals surface area contributed by atoms with Crippen LogP contribution in [0.2, 0.25) is 0 Å². The summed E-state index contributed by atoms with van der Waals surface area (Å²) in [6.45, 7) is 3.86. The summed E-state index contributed by atoms with van der Waals surface area (Å²) < 4.78 is 0. The summed E-state index contributed by atoms with van der Waals surface area (Å²) in [6.07, 6.45) is 11.4. The molecule has 6 heteroatoms. The number of carbonyl (C=O) groups is 2. The van der Waals surface area contributed by atoms with Crippen molar-refractivity contribution in [2.45, 2.75) is 64.3 Å². The third-order valence-corrected chi connectivity index (χ3v) is 5.22. The van der Waals surface area contributed by atoms with E-state index in [0.717, 1.165) is 42.5 Å². The second kappa shape index (κ2) is 7.21. The molecule has 1 unspecified atom stereocenters. The summed E-state index contributed by atoms with van der Waals surface area (Å²) in [5.41, 5.74) is 2.96. The number of nitrogens with zero attached hydrogens (tertiary/aromatic N) is 1. The molecule has 3 aliphatic rings. The summed E-state index contributed by atoms with van der Waals surface area (Å²) in [6, 6.07) is -0.790. The number of hydrogen-bond acceptors (Lipinski definition) is 5. The minimum absolute atomic E-state index is 0.186. The predicted octanol–water partition coefficient (Wildman–Crippen LogP) is 2.02. The van der Waals surface area contributed by atoms with Crippen LogP contribution in [0.5, 0.6) is 0 Å². The molecular formula is C20H26N2O4. The Kier molecular flexibility index (Phi) is 5.16. The van der Waals surface area contributed by atoms with E-state index in [2.05, 4.69) is 5.32 Å². The van der Waals surface area contributed by atoms with Gasteiger partial charge in [-0.25, -0.2) is 0 Å². The minimum atomic E-state index is -2.29. The Morgan fingerprint density at radius 2 is 2.00 bits per heavy atom. The Hall–Kier alpha value is -2.18. The van der Waals surface area contributed by atoms with Crippen molar-refractivity contribution < 1.29 is 19.8 Å². The molecule has 0 aromatic rings. The number of amides is 2. The normalized spacial score (nSPS) is 29.1. The van der Waals surface area contributed by atoms with E-state index in [4.69, 9.17) is 0 Å². The van der Waals surface area contributed by atoms with Crippen LogP contribution in [0.3, 0.4) is 0 Å². The van der Waals surface area contributed by atoms with Crippen LogP contribution in [-0.4, -0.2) is 38.9 Å². The van der Waals surface area contributed by atoms with Crippen LogP contribution >= 0.6 is 0 Å². The average molecular weight is 358 g/mol. The maximum atomic E-state index is 12.4. The fraction of sp³-hybridized carbons (Fsp3) is 0.500. The lowest BCUT2D eigenvalue weighted by molar-refractivity contribution is -0.223. The molecule has 2 saturated heterocycles. The molecule has 3 fully saturated rings. The van der Waals surface area contributed by atoms with Crippen LogP contribution in [0.4, 0.5) is 0 Å². The van der Waals surface area contributed by atoms with Crippen molar-refractivity contribution in [3.05, 3.63) is 46.7 Å². The number of rotatable bonds is 3. The van der Waals surface area contributed by atoms with Gasteiger partial charge in [-0.2, -0.15) is 0 Å². The van der Waals surface area contributed by atoms with E-state index in [1.54, 1.807) is 12.2 Å². The molecule has 26 heavy (non-hydrogen) atoms. The van der Waals surface area contributed by atoms with Gasteiger partial charge >= 0.3 is 0 Å². The van der Waals surface area contributed by atoms with Gasteiger partial charge in [-0.1, -0.05) is 31.2 Å². The van der Waals surface area contributed by atoms with Gasteiger partial charge in [0.15, 0.2) is 0 Å². The monoisotopic (exact) mass is 358 g/mol. The molecule has 0 aromatic carbocycles. The lowest BCUT2D eigenvalue weighted by Gasteiger charge is -2.39. The molecule has 0 radical (unpaired) electrons. The van der Waals surface area contributed by atoms with E-state index in [0.29, 0.717) is 5.57 Å². The molecular weight excluding hydrogens is 332 g/mol. The average Bonchev–Trinajstić information content (AvgIpc) is 2.74. The van der Waals surface area contributed by atoms with Crippen molar-refractivity contribution in [2.24, 2.45) is 0 Å². The molecule has 1 aliphatic carbocycles. The molecule has 2 heterocycles. The van der Waals surface area contributed by atoms with Crippen LogP contribution in [0.25, 0.3) is 0 Å². The number of carbonyl (C=O) groups excluding carboxylic acids is 2. The molecule has 6 nitrogen and oxygen atoms in total. The number of nitrogens with one attached hydrogen (secondary N) is 1. The minimum Gasteiger partial charge on any atom is -0.345 e. The maximum absolute atomic E-state index is 12.4. The van der Waals surface area contributed by atoms with Crippen LogP contribution in [0, 0.1) is 0 Å². The summed E-state index contributed by atoms with van der Waals surface area (Å²) in [7, 11) is 0. The largest absolute Gasteiger partial charge is 0.345 e. The van der Waals surface area contributed by atoms with Crippen molar-refractivity contribution in [1.29, 1.82) is 0 Å². The van der Waals surface area contributed by atoms with Crippen molar-refractivity contribution in [3.8, 4) is 0 Å². The second-order valence-electron chi connectivity index (χ2n) is 6.90. The fourth-order valence-corrected chi connectivity index (χ4v) is 3.77. The number of imide groups is 1. The van der Waals surface area contributed by atoms with E-state index < -0.39 is 17.9 Å². The van der Waals surface area contributed by atoms with Gasteiger partial charge in [0.25, 0.3) is 5.91 Å². The first-order chi connectivity index (χ1) is 12.4. The first-order valence-corrected chi connectivity index (χ1v) is 9.26. The predicted molar refractivity (Wildman–Crippen MR) is 97.3 cm³/mol. The molecule has 3 N–H and O–H groups in total. The van der Waals surface area contributed by atoms with Gasteiger partial charge in [-0.3, -0.25) is 14.9 Å². The van der Waals surface area contributed by atoms with Crippen molar-refractivity contribution in [3.63, 3.8) is 0 Å². The molecule has 3 rings (SSSR count). The standard InChI is InChI=1S/C20H26N2O4/c1-3-5-6-10-15-14(4-2)18(13-8-7-9-13)22(20(15,25)26)16-11-12-17(23)21-19(16)24/h4-6,10,16,25-26H,3,7-9,11-12H2,1-2H3,(H,21,23,24)/b6-5+,14-4+,15-10+. The number of piperidine rings is 1. The van der Waals surface area contributed by atoms with E-state index in [9.17, 15) is 19.8 Å². The Bertz CT molecular complexity index is 737. The molecule has 2 amide bonds. The van der Waals surface area contributed by atoms with E-state index in [1.807, 2.05) is 26.0 Å². The van der Waals surface area contributed by atoms with Crippen molar-refractivity contribution in [1.82, 2.24) is 10.2 Å². The highest BCUT2D eigenvalue weighted by molar-refractivity contribution is 6.00. The smallest absolute Gasteiger partial charge is 0.276 e. The summed E-state index contributed by atoms with van der Waals surface area (Å²) in [4.78, 5) is 25.4. The lowest BCUT2D eigenvalue weighted by atomic mass is 9.87. The van der Waals surface area contributed by atoms with E-state index >= 15 is 0 Å². The fourth-order valence-electron chi connectivity index (χ4n) is 3.77. The van der Waals surface area contributed by atoms with E-state index in [-0.39, 0.29) is 18.7 Å². The number of hydrogen-bond donors (Lipinski definition) is 3. The Morgan fingerprint density at radius 3 is 2.54 bits per heavy atom. The second-order valence-corrected chi connectivity index (χ2v) is 6.90. The third kappa shape index (κ3) is 3.04. The summed E-state index contributed by atoms with van der Waals surface area (Å²) in [5, 5.41) is 24.4. The van der Waals surface area contributed by atoms with Gasteiger partial charge in [-0.05, 0) is 44.6 Å². The highest BCUT2D eigenvalue weighted by atomic mass is 16.5. The quantitative estimate of drug-likeness (QED) is 0.530. The number of allylic oxidation sites excluding steroid dienone is 6. The molecule has 140 valence electrons. The lowest BCUT2D eigenvalue weighted by Crippen LogP contribution is -2.58. The molecule has 0 aromatic heterocycles. The highest BCUT2D eigenvalue weighted by Crippen LogP contribution is 2.49. The number of likely N-dealkylation sites (tertiary alicyclic amines) is 1. The van der Waals surface area contributed by atoms with Gasteiger partial charge in [0.1, 0.15) is 6.04 Å². The first-order valence-electron chi connectivity index (χ1n) is 9.26. The van der Waals surface area contributed by atoms with Crippen molar-refractivity contribution in [2.75, 3.05) is 0 Å². The maximum Gasteiger partial charge on any atom is 0.276 e. The molecule has 2 aliphatic heterocycles. The number of aliphatic hydroxyl groups is 2. The molecule has 0 spiro atoms. The van der Waals surface area contributed by atoms with Crippen LogP contribution < -0.4 is 5.32 Å². The van der Waals surface area contributed by atoms with Crippen LogP contribution in [-0.2, 0) is 9.59 Å². The van der Waals surface area contributed by atoms with Gasteiger partial charge < -0.3 is 15.1 Å². The van der Waals surface area contributed by atoms with Crippen LogP contribution in [0.1, 0.15) is 52.4 Å². The third-order valence-electron chi connectivity index (χ3n) is 5.22. The zero-order valence-electron chi connectivity index (χ0n) is 15.3. The highest BCUT2D eigenvalue weighted by Gasteiger charge is 2.53. The molecule has 1 atom stereocenters. The SMILES string of the molecule is C/C=C1/C(=C2CCC2)N(C2CCC(=O)NC2=O)C(O)(O)/C1=C/C=C/CC. The van der Waals surface area contributed by atoms with E-state index in [1.165, 1.54) is 4.90 Å². The summed E-state index contributed by atoms with van der Waals surface area (Å²) in [5.74, 6) is -3.09. The Balaban J connectivity index is 2.11. The van der Waals surface area contributed by atoms with Gasteiger partial charge in [0, 0.05) is 23.3 Å². The Morgan fingerprint density at radius 1 is 1.27 bits per heavy atom. The van der Waals surface area contributed by atoms with Gasteiger partial charge in [0.2, 0.25) is 11.8 Å². The Labute approximate surface area is 153 Å². The zero-order valence-corrected chi connectivity index (χ0v) is 15.3. The molecule has 1 saturated carbocycles. The molecule has 0 bridgehead atoms. The van der Waals surface area contributed by atoms with Gasteiger partial charge in [0.05, 0.1) is 0 Å². The topological polar surface area (TPSA) is 89.9 Å². The zero-order chi connectivity index (χ0) is 18.9. The van der Waals surface area contributed by atoms with Crippen molar-refractivity contribution >= 4 is 11.8 Å². The first kappa shape index (κ1) is 18.6. The van der Waals surface area contributed by atoms with Gasteiger partial charge in [-0.15, -0.1) is 0 Å². The van der Waals surface area contributed by atoms with Crippen LogP contribution in [0.15, 0.2) is 46.7 Å². The summed E-state index contributed by atoms with van der Waals surface area (Å²) >= 11 is 0.